The number of carboxylic acid groups (broad SMARTS) is 1. The number of carbonyl (C=O) groups is 1. The second-order valence-corrected chi connectivity index (χ2v) is 8.65. The van der Waals surface area contributed by atoms with Crippen LogP contribution in [0.4, 0.5) is 0 Å². The van der Waals surface area contributed by atoms with Crippen LogP contribution >= 0.6 is 0 Å². The number of carboxylic acids is 1. The first-order valence-corrected chi connectivity index (χ1v) is 11.8. The molecular weight excluding hydrogens is 344 g/mol. The van der Waals surface area contributed by atoms with E-state index in [0.29, 0.717) is 12.3 Å². The maximum absolute atomic E-state index is 10.5. The van der Waals surface area contributed by atoms with Gasteiger partial charge in [-0.1, -0.05) is 95.8 Å². The number of benzene rings is 1. The molecule has 0 spiro atoms. The van der Waals surface area contributed by atoms with E-state index in [0.717, 1.165) is 12.8 Å². The largest absolute Gasteiger partial charge is 0.481 e. The molecule has 2 nitrogen and oxygen atoms in total. The fraction of sp³-hybridized carbons (Fsp3) is 0.731. The molecule has 0 aliphatic heterocycles. The summed E-state index contributed by atoms with van der Waals surface area (Å²) in [5.41, 5.74) is 4.35. The first-order valence-electron chi connectivity index (χ1n) is 11.8. The van der Waals surface area contributed by atoms with Crippen LogP contribution in [0.2, 0.25) is 0 Å². The molecule has 28 heavy (non-hydrogen) atoms. The number of hydrogen-bond donors (Lipinski definition) is 1. The van der Waals surface area contributed by atoms with Gasteiger partial charge in [-0.05, 0) is 55.7 Å². The number of hydrogen-bond acceptors (Lipinski definition) is 1. The topological polar surface area (TPSA) is 37.3 Å². The first kappa shape index (κ1) is 24.7. The molecule has 0 aliphatic rings. The Labute approximate surface area is 174 Å². The molecule has 0 aromatic heterocycles. The second-order valence-electron chi connectivity index (χ2n) is 8.65. The SMILES string of the molecule is CCCCCCCCC(CCCCCCCCC(=O)O)c1ccc(C)c(C)c1. The molecule has 0 radical (unpaired) electrons. The molecule has 0 aliphatic carbocycles. The summed E-state index contributed by atoms with van der Waals surface area (Å²) < 4.78 is 0. The van der Waals surface area contributed by atoms with Crippen LogP contribution in [0.25, 0.3) is 0 Å². The molecular formula is C26H44O2. The molecule has 1 aromatic rings. The normalized spacial score (nSPS) is 12.2. The van der Waals surface area contributed by atoms with Crippen LogP contribution in [0, 0.1) is 13.8 Å². The molecule has 2 heteroatoms. The van der Waals surface area contributed by atoms with Crippen molar-refractivity contribution < 1.29 is 9.90 Å². The maximum atomic E-state index is 10.5. The van der Waals surface area contributed by atoms with Gasteiger partial charge in [-0.15, -0.1) is 0 Å². The van der Waals surface area contributed by atoms with Crippen molar-refractivity contribution in [1.82, 2.24) is 0 Å². The summed E-state index contributed by atoms with van der Waals surface area (Å²) in [4.78, 5) is 10.5. The van der Waals surface area contributed by atoms with Gasteiger partial charge in [-0.25, -0.2) is 0 Å². The minimum atomic E-state index is -0.661. The lowest BCUT2D eigenvalue weighted by Gasteiger charge is -2.19. The van der Waals surface area contributed by atoms with Crippen molar-refractivity contribution in [2.75, 3.05) is 0 Å². The van der Waals surface area contributed by atoms with Crippen LogP contribution in [0.15, 0.2) is 18.2 Å². The summed E-state index contributed by atoms with van der Waals surface area (Å²) in [6.45, 7) is 6.71. The fourth-order valence-corrected chi connectivity index (χ4v) is 4.04. The van der Waals surface area contributed by atoms with E-state index in [1.807, 2.05) is 0 Å². The van der Waals surface area contributed by atoms with Crippen molar-refractivity contribution in [2.45, 2.75) is 123 Å². The van der Waals surface area contributed by atoms with Crippen LogP contribution in [-0.4, -0.2) is 11.1 Å². The maximum Gasteiger partial charge on any atom is 0.303 e. The van der Waals surface area contributed by atoms with Crippen LogP contribution in [-0.2, 0) is 4.79 Å². The Morgan fingerprint density at radius 1 is 0.786 bits per heavy atom. The van der Waals surface area contributed by atoms with Crippen molar-refractivity contribution in [3.8, 4) is 0 Å². The summed E-state index contributed by atoms with van der Waals surface area (Å²) in [5, 5.41) is 8.69. The lowest BCUT2D eigenvalue weighted by molar-refractivity contribution is -0.137. The van der Waals surface area contributed by atoms with E-state index in [-0.39, 0.29) is 0 Å². The van der Waals surface area contributed by atoms with Crippen molar-refractivity contribution in [3.63, 3.8) is 0 Å². The van der Waals surface area contributed by atoms with E-state index in [2.05, 4.69) is 39.0 Å². The number of rotatable bonds is 17. The van der Waals surface area contributed by atoms with Gasteiger partial charge in [0, 0.05) is 6.42 Å². The fourth-order valence-electron chi connectivity index (χ4n) is 4.04. The highest BCUT2D eigenvalue weighted by Gasteiger charge is 2.12. The van der Waals surface area contributed by atoms with E-state index in [1.54, 1.807) is 0 Å². The average molecular weight is 389 g/mol. The minimum Gasteiger partial charge on any atom is -0.481 e. The summed E-state index contributed by atoms with van der Waals surface area (Å²) in [5.74, 6) is 0.0448. The number of aliphatic carboxylic acids is 1. The Hall–Kier alpha value is -1.31. The molecule has 0 amide bonds. The van der Waals surface area contributed by atoms with Crippen LogP contribution < -0.4 is 0 Å². The molecule has 0 heterocycles. The predicted octanol–water partition coefficient (Wildman–Crippen LogP) is 8.34. The van der Waals surface area contributed by atoms with Gasteiger partial charge in [0.2, 0.25) is 0 Å². The van der Waals surface area contributed by atoms with Crippen molar-refractivity contribution in [2.24, 2.45) is 0 Å². The smallest absolute Gasteiger partial charge is 0.303 e. The summed E-state index contributed by atoms with van der Waals surface area (Å²) >= 11 is 0. The van der Waals surface area contributed by atoms with E-state index in [1.165, 1.54) is 93.7 Å². The van der Waals surface area contributed by atoms with Crippen molar-refractivity contribution >= 4 is 5.97 Å². The summed E-state index contributed by atoms with van der Waals surface area (Å²) in [6, 6.07) is 7.07. The zero-order chi connectivity index (χ0) is 20.6. The lowest BCUT2D eigenvalue weighted by atomic mass is 9.87. The van der Waals surface area contributed by atoms with Gasteiger partial charge in [0.05, 0.1) is 0 Å². The van der Waals surface area contributed by atoms with Gasteiger partial charge in [-0.3, -0.25) is 4.79 Å². The molecule has 0 saturated carbocycles. The summed E-state index contributed by atoms with van der Waals surface area (Å²) in [6.07, 6.45) is 18.1. The quantitative estimate of drug-likeness (QED) is 0.272. The molecule has 1 N–H and O–H groups in total. The number of unbranched alkanes of at least 4 members (excludes halogenated alkanes) is 10. The Morgan fingerprint density at radius 3 is 1.86 bits per heavy atom. The van der Waals surface area contributed by atoms with E-state index >= 15 is 0 Å². The number of aryl methyl sites for hydroxylation is 2. The Morgan fingerprint density at radius 2 is 1.32 bits per heavy atom. The van der Waals surface area contributed by atoms with E-state index in [4.69, 9.17) is 5.11 Å². The lowest BCUT2D eigenvalue weighted by Crippen LogP contribution is -2.01. The average Bonchev–Trinajstić information content (AvgIpc) is 2.67. The molecule has 0 fully saturated rings. The Balaban J connectivity index is 2.36. The second kappa shape index (κ2) is 15.6. The molecule has 160 valence electrons. The zero-order valence-electron chi connectivity index (χ0n) is 18.8. The van der Waals surface area contributed by atoms with Gasteiger partial charge >= 0.3 is 5.97 Å². The molecule has 0 saturated heterocycles. The summed E-state index contributed by atoms with van der Waals surface area (Å²) in [7, 11) is 0. The highest BCUT2D eigenvalue weighted by molar-refractivity contribution is 5.66. The van der Waals surface area contributed by atoms with Crippen molar-refractivity contribution in [3.05, 3.63) is 34.9 Å². The highest BCUT2D eigenvalue weighted by Crippen LogP contribution is 2.30. The van der Waals surface area contributed by atoms with Crippen molar-refractivity contribution in [1.29, 1.82) is 0 Å². The predicted molar refractivity (Wildman–Crippen MR) is 121 cm³/mol. The molecule has 0 bridgehead atoms. The third kappa shape index (κ3) is 11.5. The van der Waals surface area contributed by atoms with Gasteiger partial charge in [0.25, 0.3) is 0 Å². The van der Waals surface area contributed by atoms with Crippen LogP contribution in [0.1, 0.15) is 126 Å². The molecule has 1 atom stereocenters. The Kier molecular flexibility index (Phi) is 13.8. The molecule has 1 rings (SSSR count). The minimum absolute atomic E-state index is 0.326. The van der Waals surface area contributed by atoms with E-state index in [9.17, 15) is 4.79 Å². The van der Waals surface area contributed by atoms with Gasteiger partial charge in [0.15, 0.2) is 0 Å². The highest BCUT2D eigenvalue weighted by atomic mass is 16.4. The van der Waals surface area contributed by atoms with Crippen LogP contribution in [0.5, 0.6) is 0 Å². The molecule has 1 unspecified atom stereocenters. The first-order chi connectivity index (χ1) is 13.5. The zero-order valence-corrected chi connectivity index (χ0v) is 18.8. The monoisotopic (exact) mass is 388 g/mol. The standard InChI is InChI=1S/C26H44O2/c1-4-5-6-7-10-13-16-24(25-20-19-22(2)23(3)21-25)17-14-11-8-9-12-15-18-26(27)28/h19-21,24H,4-18H2,1-3H3,(H,27,28). The third-order valence-corrected chi connectivity index (χ3v) is 6.10. The third-order valence-electron chi connectivity index (χ3n) is 6.10. The van der Waals surface area contributed by atoms with Gasteiger partial charge in [0.1, 0.15) is 0 Å². The van der Waals surface area contributed by atoms with Gasteiger partial charge < -0.3 is 5.11 Å². The molecule has 1 aromatic carbocycles. The Bertz CT molecular complexity index is 535. The van der Waals surface area contributed by atoms with Gasteiger partial charge in [-0.2, -0.15) is 0 Å². The van der Waals surface area contributed by atoms with E-state index < -0.39 is 5.97 Å². The van der Waals surface area contributed by atoms with Crippen LogP contribution in [0.3, 0.4) is 0 Å².